The van der Waals surface area contributed by atoms with Gasteiger partial charge in [-0.05, 0) is 35.4 Å². The van der Waals surface area contributed by atoms with Gasteiger partial charge in [0.25, 0.3) is 0 Å². The standard InChI is InChI=1S/C48H48N2O11/c1-47(2)30-57-46(56)42(47)59-40(52)23-22-32-16-13-17-33(26-32)45(55)58-38-28-34(44(54)50(3)37(43(53)49-24-25-51)27-31-14-7-4-8-15-31)29-39-41(38)61-48(60-39,35-18-9-5-10-19-35)36-20-11-6-12-21-36/h4-23,26,29,37-39,41-42,51H,24-25,27-28,30H2,1-3H3,(H,49,53). The number of hydrogen-bond acceptors (Lipinski definition) is 11. The van der Waals surface area contributed by atoms with Crippen LogP contribution in [0.1, 0.15) is 52.9 Å². The van der Waals surface area contributed by atoms with E-state index in [1.165, 1.54) is 17.1 Å². The van der Waals surface area contributed by atoms with Crippen molar-refractivity contribution in [3.05, 3.63) is 161 Å². The van der Waals surface area contributed by atoms with Crippen LogP contribution >= 0.6 is 0 Å². The number of amides is 2. The largest absolute Gasteiger partial charge is 0.462 e. The predicted molar refractivity (Wildman–Crippen MR) is 222 cm³/mol. The highest BCUT2D eigenvalue weighted by Crippen LogP contribution is 2.47. The summed E-state index contributed by atoms with van der Waals surface area (Å²) in [7, 11) is 1.54. The van der Waals surface area contributed by atoms with Crippen molar-refractivity contribution in [3.8, 4) is 0 Å². The Bertz CT molecular complexity index is 2250. The van der Waals surface area contributed by atoms with Crippen LogP contribution in [0, 0.1) is 5.41 Å². The maximum absolute atomic E-state index is 14.6. The molecule has 5 atom stereocenters. The Balaban J connectivity index is 1.18. The molecule has 0 radical (unpaired) electrons. The molecule has 13 nitrogen and oxygen atoms in total. The summed E-state index contributed by atoms with van der Waals surface area (Å²) in [5.74, 6) is -4.43. The third-order valence-electron chi connectivity index (χ3n) is 11.0. The molecule has 2 saturated heterocycles. The van der Waals surface area contributed by atoms with Gasteiger partial charge >= 0.3 is 17.9 Å². The van der Waals surface area contributed by atoms with E-state index in [0.717, 1.165) is 5.56 Å². The van der Waals surface area contributed by atoms with E-state index < -0.39 is 71.4 Å². The SMILES string of the molecule is CN(C(=O)C1=CC2OC(c3ccccc3)(c3ccccc3)OC2C(OC(=O)c2cccc(C=CC(=O)OC3C(=O)OCC3(C)C)c2)C1)C(Cc1ccccc1)C(=O)NCCO. The number of hydrogen-bond donors (Lipinski definition) is 2. The number of fused-ring (bicyclic) bond motifs is 1. The van der Waals surface area contributed by atoms with E-state index in [9.17, 15) is 29.1 Å². The summed E-state index contributed by atoms with van der Waals surface area (Å²) >= 11 is 0. The maximum atomic E-state index is 14.6. The van der Waals surface area contributed by atoms with E-state index in [4.69, 9.17) is 23.7 Å². The molecule has 4 aromatic rings. The minimum Gasteiger partial charge on any atom is -0.462 e. The second-order valence-electron chi connectivity index (χ2n) is 15.9. The van der Waals surface area contributed by atoms with Crippen LogP contribution < -0.4 is 5.32 Å². The lowest BCUT2D eigenvalue weighted by molar-refractivity contribution is -0.159. The quantitative estimate of drug-likeness (QED) is 0.101. The van der Waals surface area contributed by atoms with Crippen molar-refractivity contribution in [1.82, 2.24) is 10.2 Å². The first-order chi connectivity index (χ1) is 29.4. The number of benzene rings is 4. The average Bonchev–Trinajstić information content (AvgIpc) is 3.81. The van der Waals surface area contributed by atoms with Crippen molar-refractivity contribution in [3.63, 3.8) is 0 Å². The van der Waals surface area contributed by atoms with Gasteiger partial charge in [0.1, 0.15) is 31.0 Å². The Hall–Kier alpha value is -6.41. The highest BCUT2D eigenvalue weighted by molar-refractivity contribution is 5.97. The lowest BCUT2D eigenvalue weighted by atomic mass is 9.90. The maximum Gasteiger partial charge on any atom is 0.348 e. The molecule has 0 spiro atoms. The van der Waals surface area contributed by atoms with Crippen LogP contribution in [-0.2, 0) is 55.1 Å². The molecule has 61 heavy (non-hydrogen) atoms. The number of cyclic esters (lactones) is 1. The average molecular weight is 829 g/mol. The minimum absolute atomic E-state index is 0.0131. The first-order valence-corrected chi connectivity index (χ1v) is 20.1. The van der Waals surface area contributed by atoms with Gasteiger partial charge in [0.2, 0.25) is 23.7 Å². The minimum atomic E-state index is -1.44. The fourth-order valence-corrected chi connectivity index (χ4v) is 7.72. The first kappa shape index (κ1) is 42.7. The molecular weight excluding hydrogens is 781 g/mol. The van der Waals surface area contributed by atoms with E-state index in [2.05, 4.69) is 5.32 Å². The molecule has 0 bridgehead atoms. The van der Waals surface area contributed by atoms with Gasteiger partial charge in [0.15, 0.2) is 0 Å². The second kappa shape index (κ2) is 18.5. The second-order valence-corrected chi connectivity index (χ2v) is 15.9. The summed E-state index contributed by atoms with van der Waals surface area (Å²) in [6.45, 7) is 3.41. The number of esters is 3. The summed E-state index contributed by atoms with van der Waals surface area (Å²) < 4.78 is 30.4. The van der Waals surface area contributed by atoms with Gasteiger partial charge in [-0.15, -0.1) is 0 Å². The number of aliphatic hydroxyl groups is 1. The number of aliphatic hydroxyl groups excluding tert-OH is 1. The normalized spacial score (nSPS) is 21.7. The van der Waals surface area contributed by atoms with Gasteiger partial charge in [-0.1, -0.05) is 117 Å². The zero-order chi connectivity index (χ0) is 43.1. The third-order valence-corrected chi connectivity index (χ3v) is 11.0. The van der Waals surface area contributed by atoms with Gasteiger partial charge in [-0.25, -0.2) is 14.4 Å². The van der Waals surface area contributed by atoms with Gasteiger partial charge < -0.3 is 39.0 Å². The van der Waals surface area contributed by atoms with Crippen LogP contribution in [0.15, 0.2) is 133 Å². The molecular formula is C48H48N2O11. The summed E-state index contributed by atoms with van der Waals surface area (Å²) in [5, 5.41) is 12.1. The van der Waals surface area contributed by atoms with Crippen LogP contribution in [0.3, 0.4) is 0 Å². The van der Waals surface area contributed by atoms with E-state index in [0.29, 0.717) is 16.7 Å². The Labute approximate surface area is 353 Å². The lowest BCUT2D eigenvalue weighted by Gasteiger charge is -2.33. The first-order valence-electron chi connectivity index (χ1n) is 20.1. The molecule has 316 valence electrons. The number of carbonyl (C=O) groups is 5. The Morgan fingerprint density at radius 1 is 0.885 bits per heavy atom. The van der Waals surface area contributed by atoms with E-state index >= 15 is 0 Å². The van der Waals surface area contributed by atoms with Crippen molar-refractivity contribution in [2.24, 2.45) is 5.41 Å². The smallest absolute Gasteiger partial charge is 0.348 e. The van der Waals surface area contributed by atoms with E-state index in [1.807, 2.05) is 91.0 Å². The van der Waals surface area contributed by atoms with Gasteiger partial charge in [-0.3, -0.25) is 9.59 Å². The lowest BCUT2D eigenvalue weighted by Crippen LogP contribution is -2.51. The topological polar surface area (TPSA) is 167 Å². The Kier molecular flexibility index (Phi) is 12.9. The third kappa shape index (κ3) is 9.49. The van der Waals surface area contributed by atoms with Crippen molar-refractivity contribution in [2.75, 3.05) is 26.8 Å². The predicted octanol–water partition coefficient (Wildman–Crippen LogP) is 4.91. The fraction of sp³-hybridized carbons (Fsp3) is 0.312. The van der Waals surface area contributed by atoms with E-state index in [1.54, 1.807) is 51.2 Å². The van der Waals surface area contributed by atoms with Gasteiger partial charge in [0, 0.05) is 54.6 Å². The van der Waals surface area contributed by atoms with Crippen LogP contribution in [0.2, 0.25) is 0 Å². The van der Waals surface area contributed by atoms with Crippen molar-refractivity contribution in [1.29, 1.82) is 0 Å². The zero-order valence-electron chi connectivity index (χ0n) is 34.1. The molecule has 0 aromatic heterocycles. The molecule has 0 saturated carbocycles. The molecule has 3 aliphatic rings. The number of nitrogens with zero attached hydrogens (tertiary/aromatic N) is 1. The van der Waals surface area contributed by atoms with Gasteiger partial charge in [0.05, 0.1) is 12.2 Å². The molecule has 2 fully saturated rings. The number of nitrogens with one attached hydrogen (secondary N) is 1. The molecule has 2 aliphatic heterocycles. The number of likely N-dealkylation sites (N-methyl/N-ethyl adjacent to an activating group) is 1. The molecule has 7 rings (SSSR count). The summed E-state index contributed by atoms with van der Waals surface area (Å²) in [5.41, 5.74) is 2.42. The van der Waals surface area contributed by atoms with E-state index in [-0.39, 0.29) is 43.7 Å². The van der Waals surface area contributed by atoms with Crippen molar-refractivity contribution in [2.45, 2.75) is 62.9 Å². The number of rotatable bonds is 14. The molecule has 2 amide bonds. The summed E-state index contributed by atoms with van der Waals surface area (Å²) in [6, 6.07) is 33.5. The summed E-state index contributed by atoms with van der Waals surface area (Å²) in [6.07, 6.45) is 0.620. The van der Waals surface area contributed by atoms with Crippen molar-refractivity contribution >= 4 is 35.8 Å². The molecule has 4 aromatic carbocycles. The number of carbonyl (C=O) groups excluding carboxylic acids is 5. The molecule has 5 unspecified atom stereocenters. The fourth-order valence-electron chi connectivity index (χ4n) is 7.72. The number of ether oxygens (including phenoxy) is 5. The molecule has 13 heteroatoms. The molecule has 1 aliphatic carbocycles. The molecule has 2 heterocycles. The zero-order valence-corrected chi connectivity index (χ0v) is 34.1. The monoisotopic (exact) mass is 828 g/mol. The Morgan fingerprint density at radius 2 is 1.54 bits per heavy atom. The van der Waals surface area contributed by atoms with Crippen LogP contribution in [-0.4, -0.2) is 97.0 Å². The van der Waals surface area contributed by atoms with Gasteiger partial charge in [-0.2, -0.15) is 0 Å². The Morgan fingerprint density at radius 3 is 2.16 bits per heavy atom. The van der Waals surface area contributed by atoms with Crippen LogP contribution in [0.25, 0.3) is 6.08 Å². The highest BCUT2D eigenvalue weighted by Gasteiger charge is 2.55. The van der Waals surface area contributed by atoms with Crippen LogP contribution in [0.5, 0.6) is 0 Å². The summed E-state index contributed by atoms with van der Waals surface area (Å²) in [4.78, 5) is 68.3. The molecule has 2 N–H and O–H groups in total. The highest BCUT2D eigenvalue weighted by atomic mass is 16.8. The van der Waals surface area contributed by atoms with Crippen LogP contribution in [0.4, 0.5) is 0 Å². The van der Waals surface area contributed by atoms with Crippen molar-refractivity contribution < 1.29 is 52.8 Å².